The maximum Gasteiger partial charge on any atom is 0.243 e. The molecule has 2 aliphatic heterocycles. The molecular formula is C17H25NO5S. The topological polar surface area (TPSA) is 87.1 Å². The second-order valence-electron chi connectivity index (χ2n) is 7.14. The van der Waals surface area contributed by atoms with Gasteiger partial charge < -0.3 is 14.9 Å². The van der Waals surface area contributed by atoms with Gasteiger partial charge >= 0.3 is 0 Å². The predicted octanol–water partition coefficient (Wildman–Crippen LogP) is 1.05. The molecule has 1 spiro atoms. The Morgan fingerprint density at radius 2 is 1.75 bits per heavy atom. The number of sulfonamides is 1. The summed E-state index contributed by atoms with van der Waals surface area (Å²) in [5.74, 6) is 0. The lowest BCUT2D eigenvalue weighted by molar-refractivity contribution is -0.243. The highest BCUT2D eigenvalue weighted by Crippen LogP contribution is 2.40. The lowest BCUT2D eigenvalue weighted by Gasteiger charge is -2.51. The Morgan fingerprint density at radius 1 is 1.17 bits per heavy atom. The molecule has 2 N–H and O–H groups in total. The zero-order valence-electron chi connectivity index (χ0n) is 14.1. The van der Waals surface area contributed by atoms with Gasteiger partial charge in [-0.05, 0) is 38.8 Å². The van der Waals surface area contributed by atoms with Crippen molar-refractivity contribution >= 4 is 10.0 Å². The maximum absolute atomic E-state index is 12.8. The molecule has 24 heavy (non-hydrogen) atoms. The summed E-state index contributed by atoms with van der Waals surface area (Å²) in [6, 6.07) is 6.80. The molecule has 0 radical (unpaired) electrons. The Balaban J connectivity index is 1.76. The number of hydrogen-bond donors (Lipinski definition) is 2. The second kappa shape index (κ2) is 6.07. The van der Waals surface area contributed by atoms with Crippen LogP contribution in [0.5, 0.6) is 0 Å². The summed E-state index contributed by atoms with van der Waals surface area (Å²) in [6.45, 7) is 4.42. The van der Waals surface area contributed by atoms with E-state index in [0.29, 0.717) is 25.9 Å². The van der Waals surface area contributed by atoms with Crippen LogP contribution in [0.2, 0.25) is 0 Å². The summed E-state index contributed by atoms with van der Waals surface area (Å²) >= 11 is 0. The van der Waals surface area contributed by atoms with E-state index in [0.717, 1.165) is 5.56 Å². The molecule has 0 unspecified atom stereocenters. The number of nitrogens with zero attached hydrogens (tertiary/aromatic N) is 1. The van der Waals surface area contributed by atoms with Gasteiger partial charge in [-0.25, -0.2) is 8.42 Å². The molecule has 3 rings (SSSR count). The number of aliphatic hydroxyl groups is 2. The Kier molecular flexibility index (Phi) is 4.51. The summed E-state index contributed by atoms with van der Waals surface area (Å²) in [4.78, 5) is 0.279. The van der Waals surface area contributed by atoms with Gasteiger partial charge in [-0.3, -0.25) is 0 Å². The van der Waals surface area contributed by atoms with E-state index in [1.807, 2.05) is 6.92 Å². The van der Waals surface area contributed by atoms with Crippen molar-refractivity contribution in [2.45, 2.75) is 55.3 Å². The molecule has 134 valence electrons. The van der Waals surface area contributed by atoms with Crippen LogP contribution in [0.3, 0.4) is 0 Å². The van der Waals surface area contributed by atoms with Crippen molar-refractivity contribution in [3.8, 4) is 0 Å². The summed E-state index contributed by atoms with van der Waals surface area (Å²) in [6.07, 6.45) is 0.106. The third-order valence-corrected chi connectivity index (χ3v) is 7.23. The number of ether oxygens (including phenoxy) is 1. The molecule has 1 aromatic rings. The lowest BCUT2D eigenvalue weighted by atomic mass is 9.75. The molecule has 1 aromatic carbocycles. The van der Waals surface area contributed by atoms with Crippen LogP contribution in [-0.4, -0.2) is 59.9 Å². The molecule has 7 heteroatoms. The predicted molar refractivity (Wildman–Crippen MR) is 89.1 cm³/mol. The van der Waals surface area contributed by atoms with Gasteiger partial charge in [0.1, 0.15) is 6.10 Å². The first-order chi connectivity index (χ1) is 11.2. The van der Waals surface area contributed by atoms with Crippen molar-refractivity contribution < 1.29 is 23.4 Å². The minimum Gasteiger partial charge on any atom is -0.387 e. The van der Waals surface area contributed by atoms with Crippen LogP contribution < -0.4 is 0 Å². The second-order valence-corrected chi connectivity index (χ2v) is 9.08. The summed E-state index contributed by atoms with van der Waals surface area (Å²) < 4.78 is 32.7. The van der Waals surface area contributed by atoms with Crippen molar-refractivity contribution in [2.24, 2.45) is 0 Å². The average Bonchev–Trinajstić information content (AvgIpc) is 2.53. The quantitative estimate of drug-likeness (QED) is 0.828. The van der Waals surface area contributed by atoms with E-state index < -0.39 is 27.3 Å². The van der Waals surface area contributed by atoms with E-state index in [4.69, 9.17) is 4.74 Å². The highest BCUT2D eigenvalue weighted by Gasteiger charge is 2.53. The molecule has 2 aliphatic rings. The smallest absolute Gasteiger partial charge is 0.243 e. The summed E-state index contributed by atoms with van der Waals surface area (Å²) in [7, 11) is -3.55. The fourth-order valence-corrected chi connectivity index (χ4v) is 5.07. The molecule has 0 aliphatic carbocycles. The number of benzene rings is 1. The largest absolute Gasteiger partial charge is 0.387 e. The van der Waals surface area contributed by atoms with E-state index in [1.165, 1.54) is 4.31 Å². The number of piperidine rings is 1. The Morgan fingerprint density at radius 3 is 2.33 bits per heavy atom. The molecule has 2 atom stereocenters. The first-order valence-corrected chi connectivity index (χ1v) is 9.73. The molecule has 0 amide bonds. The molecule has 6 nitrogen and oxygen atoms in total. The first kappa shape index (κ1) is 17.8. The van der Waals surface area contributed by atoms with Crippen LogP contribution in [0.25, 0.3) is 0 Å². The van der Waals surface area contributed by atoms with Gasteiger partial charge in [-0.1, -0.05) is 17.7 Å². The Labute approximate surface area is 143 Å². The van der Waals surface area contributed by atoms with Crippen LogP contribution in [0, 0.1) is 6.92 Å². The van der Waals surface area contributed by atoms with Crippen LogP contribution >= 0.6 is 0 Å². The molecule has 0 bridgehead atoms. The van der Waals surface area contributed by atoms with Crippen molar-refractivity contribution in [1.29, 1.82) is 0 Å². The van der Waals surface area contributed by atoms with Crippen LogP contribution in [0.1, 0.15) is 31.7 Å². The SMILES string of the molecule is Cc1ccc(S(=O)(=O)N2CCC3(CC2)OCC[C@@](C)(O)[C@@H]3O)cc1. The highest BCUT2D eigenvalue weighted by molar-refractivity contribution is 7.89. The lowest BCUT2D eigenvalue weighted by Crippen LogP contribution is -2.64. The third kappa shape index (κ3) is 2.99. The van der Waals surface area contributed by atoms with Crippen molar-refractivity contribution in [3.05, 3.63) is 29.8 Å². The number of hydrogen-bond acceptors (Lipinski definition) is 5. The summed E-state index contributed by atoms with van der Waals surface area (Å²) in [5, 5.41) is 20.8. The molecule has 2 heterocycles. The van der Waals surface area contributed by atoms with Gasteiger partial charge in [0, 0.05) is 19.5 Å². The van der Waals surface area contributed by atoms with Crippen LogP contribution in [-0.2, 0) is 14.8 Å². The van der Waals surface area contributed by atoms with Gasteiger partial charge in [-0.15, -0.1) is 0 Å². The third-order valence-electron chi connectivity index (χ3n) is 5.31. The van der Waals surface area contributed by atoms with Gasteiger partial charge in [-0.2, -0.15) is 4.31 Å². The van der Waals surface area contributed by atoms with Crippen LogP contribution in [0.15, 0.2) is 29.2 Å². The molecule has 0 aromatic heterocycles. The summed E-state index contributed by atoms with van der Waals surface area (Å²) in [5.41, 5.74) is -1.05. The van der Waals surface area contributed by atoms with E-state index in [2.05, 4.69) is 0 Å². The highest BCUT2D eigenvalue weighted by atomic mass is 32.2. The Hall–Kier alpha value is -0.990. The number of aliphatic hydroxyl groups excluding tert-OH is 1. The van der Waals surface area contributed by atoms with E-state index in [1.54, 1.807) is 31.2 Å². The van der Waals surface area contributed by atoms with E-state index in [9.17, 15) is 18.6 Å². The standard InChI is InChI=1S/C17H25NO5S/c1-13-3-5-14(6-4-13)24(21,22)18-10-7-17(8-11-18)15(19)16(2,20)9-12-23-17/h3-6,15,19-20H,7-12H2,1-2H3/t15-,16+/m0/s1. The monoisotopic (exact) mass is 355 g/mol. The van der Waals surface area contributed by atoms with Gasteiger partial charge in [0.05, 0.1) is 22.7 Å². The van der Waals surface area contributed by atoms with E-state index >= 15 is 0 Å². The number of rotatable bonds is 2. The zero-order chi connectivity index (χ0) is 17.6. The van der Waals surface area contributed by atoms with Crippen LogP contribution in [0.4, 0.5) is 0 Å². The first-order valence-electron chi connectivity index (χ1n) is 8.29. The van der Waals surface area contributed by atoms with E-state index in [-0.39, 0.29) is 18.0 Å². The van der Waals surface area contributed by atoms with Crippen molar-refractivity contribution in [2.75, 3.05) is 19.7 Å². The average molecular weight is 355 g/mol. The van der Waals surface area contributed by atoms with Gasteiger partial charge in [0.15, 0.2) is 0 Å². The fraction of sp³-hybridized carbons (Fsp3) is 0.647. The molecular weight excluding hydrogens is 330 g/mol. The molecule has 0 saturated carbocycles. The minimum absolute atomic E-state index is 0.267. The van der Waals surface area contributed by atoms with Gasteiger partial charge in [0.2, 0.25) is 10.0 Å². The zero-order valence-corrected chi connectivity index (χ0v) is 14.9. The molecule has 2 fully saturated rings. The van der Waals surface area contributed by atoms with Crippen molar-refractivity contribution in [3.63, 3.8) is 0 Å². The van der Waals surface area contributed by atoms with Gasteiger partial charge in [0.25, 0.3) is 0 Å². The fourth-order valence-electron chi connectivity index (χ4n) is 3.63. The number of aryl methyl sites for hydroxylation is 1. The minimum atomic E-state index is -3.55. The maximum atomic E-state index is 12.8. The van der Waals surface area contributed by atoms with Crippen molar-refractivity contribution in [1.82, 2.24) is 4.31 Å². The Bertz CT molecular complexity index is 690. The molecule has 2 saturated heterocycles. The normalized spacial score (nSPS) is 31.2.